The molecule has 1 amide bonds. The fourth-order valence-corrected chi connectivity index (χ4v) is 3.84. The monoisotopic (exact) mass is 441 g/mol. The molecule has 1 aliphatic rings. The second-order valence-corrected chi connectivity index (χ2v) is 9.39. The zero-order valence-electron chi connectivity index (χ0n) is 19.5. The molecule has 0 spiro atoms. The molecule has 2 aromatic rings. The maximum Gasteiger partial charge on any atom is 0.410 e. The Morgan fingerprint density at radius 2 is 1.88 bits per heavy atom. The van der Waals surface area contributed by atoms with Gasteiger partial charge in [0.15, 0.2) is 11.9 Å². The van der Waals surface area contributed by atoms with Crippen LogP contribution in [0.25, 0.3) is 0 Å². The van der Waals surface area contributed by atoms with Crippen molar-refractivity contribution in [2.24, 2.45) is 0 Å². The molecule has 0 saturated carbocycles. The van der Waals surface area contributed by atoms with Crippen molar-refractivity contribution in [3.63, 3.8) is 0 Å². The summed E-state index contributed by atoms with van der Waals surface area (Å²) < 4.78 is 11.3. The molecule has 6 heteroatoms. The Labute approximate surface area is 190 Å². The molecule has 2 N–H and O–H groups in total. The number of carbonyl (C=O) groups is 1. The number of benzene rings is 2. The largest absolute Gasteiger partial charge is 0.483 e. The third-order valence-corrected chi connectivity index (χ3v) is 6.02. The number of aliphatic hydroxyl groups is 2. The second kappa shape index (κ2) is 10.4. The van der Waals surface area contributed by atoms with Crippen LogP contribution in [0.15, 0.2) is 48.5 Å². The molecule has 1 heterocycles. The summed E-state index contributed by atoms with van der Waals surface area (Å²) in [5.41, 5.74) is 2.19. The first-order valence-corrected chi connectivity index (χ1v) is 11.3. The van der Waals surface area contributed by atoms with Crippen molar-refractivity contribution in [3.8, 4) is 5.75 Å². The van der Waals surface area contributed by atoms with Crippen LogP contribution < -0.4 is 4.74 Å². The lowest BCUT2D eigenvalue weighted by Crippen LogP contribution is -2.41. The standard InChI is InChI=1S/C26H35NO5/c1-18(2)20-12-10-19(11-13-20)17-31-25(30)27-14-6-8-22(16-27)21-7-5-9-23(15-21)32-26(3,4)24(28)29/h5,7,9-13,15,18,22,24,28-29H,6,8,14,16-17H2,1-4H3/t22-/m1/s1. The van der Waals surface area contributed by atoms with E-state index in [0.29, 0.717) is 24.8 Å². The topological polar surface area (TPSA) is 79.2 Å². The fourth-order valence-electron chi connectivity index (χ4n) is 3.84. The normalized spacial score (nSPS) is 17.0. The number of carbonyl (C=O) groups excluding carboxylic acids is 1. The first-order valence-electron chi connectivity index (χ1n) is 11.3. The quantitative estimate of drug-likeness (QED) is 0.604. The number of hydrogen-bond acceptors (Lipinski definition) is 5. The van der Waals surface area contributed by atoms with Crippen LogP contribution >= 0.6 is 0 Å². The van der Waals surface area contributed by atoms with E-state index in [1.165, 1.54) is 5.56 Å². The highest BCUT2D eigenvalue weighted by molar-refractivity contribution is 5.68. The Morgan fingerprint density at radius 3 is 2.53 bits per heavy atom. The summed E-state index contributed by atoms with van der Waals surface area (Å²) in [6, 6.07) is 15.8. The highest BCUT2D eigenvalue weighted by Gasteiger charge is 2.29. The molecule has 1 atom stereocenters. The minimum absolute atomic E-state index is 0.173. The zero-order valence-corrected chi connectivity index (χ0v) is 19.5. The number of piperidine rings is 1. The third kappa shape index (κ3) is 6.24. The van der Waals surface area contributed by atoms with E-state index in [4.69, 9.17) is 9.47 Å². The van der Waals surface area contributed by atoms with Gasteiger partial charge in [-0.05, 0) is 61.4 Å². The van der Waals surface area contributed by atoms with E-state index in [-0.39, 0.29) is 18.6 Å². The Hall–Kier alpha value is -2.57. The molecule has 0 aromatic heterocycles. The van der Waals surface area contributed by atoms with Crippen molar-refractivity contribution in [2.45, 2.75) is 70.9 Å². The number of likely N-dealkylation sites (tertiary alicyclic amines) is 1. The summed E-state index contributed by atoms with van der Waals surface area (Å²) in [6.07, 6.45) is -0.0164. The zero-order chi connectivity index (χ0) is 23.3. The number of amides is 1. The molecule has 0 unspecified atom stereocenters. The van der Waals surface area contributed by atoms with E-state index in [2.05, 4.69) is 26.0 Å². The molecule has 174 valence electrons. The van der Waals surface area contributed by atoms with Crippen molar-refractivity contribution in [1.29, 1.82) is 0 Å². The van der Waals surface area contributed by atoms with Crippen molar-refractivity contribution in [3.05, 3.63) is 65.2 Å². The smallest absolute Gasteiger partial charge is 0.410 e. The van der Waals surface area contributed by atoms with Gasteiger partial charge in [0, 0.05) is 19.0 Å². The van der Waals surface area contributed by atoms with Crippen molar-refractivity contribution < 1.29 is 24.5 Å². The molecule has 3 rings (SSSR count). The molecule has 0 bridgehead atoms. The van der Waals surface area contributed by atoms with Gasteiger partial charge in [-0.25, -0.2) is 4.79 Å². The molecular weight excluding hydrogens is 406 g/mol. The molecule has 1 fully saturated rings. The predicted octanol–water partition coefficient (Wildman–Crippen LogP) is 4.79. The van der Waals surface area contributed by atoms with Gasteiger partial charge in [-0.1, -0.05) is 50.2 Å². The Kier molecular flexibility index (Phi) is 7.80. The maximum atomic E-state index is 12.7. The molecular formula is C26H35NO5. The van der Waals surface area contributed by atoms with Gasteiger partial charge >= 0.3 is 6.09 Å². The van der Waals surface area contributed by atoms with E-state index in [1.807, 2.05) is 30.3 Å². The summed E-state index contributed by atoms with van der Waals surface area (Å²) in [5.74, 6) is 1.22. The first kappa shape index (κ1) is 24.1. The predicted molar refractivity (Wildman–Crippen MR) is 124 cm³/mol. The molecule has 2 aromatic carbocycles. The van der Waals surface area contributed by atoms with Crippen LogP contribution in [0.5, 0.6) is 5.75 Å². The summed E-state index contributed by atoms with van der Waals surface area (Å²) in [4.78, 5) is 14.4. The number of aliphatic hydroxyl groups excluding tert-OH is 1. The lowest BCUT2D eigenvalue weighted by molar-refractivity contribution is -0.154. The molecule has 1 aliphatic heterocycles. The second-order valence-electron chi connectivity index (χ2n) is 9.39. The van der Waals surface area contributed by atoms with Crippen LogP contribution in [0.3, 0.4) is 0 Å². The molecule has 0 aliphatic carbocycles. The van der Waals surface area contributed by atoms with Gasteiger partial charge in [0.2, 0.25) is 0 Å². The van der Waals surface area contributed by atoms with Gasteiger partial charge in [0.1, 0.15) is 12.4 Å². The molecule has 1 saturated heterocycles. The summed E-state index contributed by atoms with van der Waals surface area (Å²) in [5, 5.41) is 19.0. The minimum Gasteiger partial charge on any atom is -0.483 e. The number of ether oxygens (including phenoxy) is 2. The van der Waals surface area contributed by atoms with Gasteiger partial charge in [0.05, 0.1) is 0 Å². The van der Waals surface area contributed by atoms with E-state index < -0.39 is 11.9 Å². The highest BCUT2D eigenvalue weighted by Crippen LogP contribution is 2.31. The average molecular weight is 442 g/mol. The van der Waals surface area contributed by atoms with E-state index >= 15 is 0 Å². The summed E-state index contributed by atoms with van der Waals surface area (Å²) >= 11 is 0. The SMILES string of the molecule is CC(C)c1ccc(COC(=O)N2CCC[C@@H](c3cccc(OC(C)(C)C(O)O)c3)C2)cc1. The average Bonchev–Trinajstić information content (AvgIpc) is 2.77. The summed E-state index contributed by atoms with van der Waals surface area (Å²) in [6.45, 7) is 9.08. The lowest BCUT2D eigenvalue weighted by Gasteiger charge is -2.33. The molecule has 0 radical (unpaired) electrons. The van der Waals surface area contributed by atoms with Crippen LogP contribution in [-0.2, 0) is 11.3 Å². The van der Waals surface area contributed by atoms with E-state index in [0.717, 1.165) is 24.0 Å². The Morgan fingerprint density at radius 1 is 1.16 bits per heavy atom. The van der Waals surface area contributed by atoms with Crippen molar-refractivity contribution in [2.75, 3.05) is 13.1 Å². The van der Waals surface area contributed by atoms with Crippen LogP contribution in [0.1, 0.15) is 69.1 Å². The number of rotatable bonds is 7. The summed E-state index contributed by atoms with van der Waals surface area (Å²) in [7, 11) is 0. The van der Waals surface area contributed by atoms with Crippen molar-refractivity contribution in [1.82, 2.24) is 4.90 Å². The van der Waals surface area contributed by atoms with Gasteiger partial charge in [-0.3, -0.25) is 0 Å². The van der Waals surface area contributed by atoms with Gasteiger partial charge in [-0.2, -0.15) is 0 Å². The molecule has 32 heavy (non-hydrogen) atoms. The van der Waals surface area contributed by atoms with Gasteiger partial charge < -0.3 is 24.6 Å². The van der Waals surface area contributed by atoms with Crippen LogP contribution in [0.2, 0.25) is 0 Å². The van der Waals surface area contributed by atoms with Crippen LogP contribution in [0.4, 0.5) is 4.79 Å². The van der Waals surface area contributed by atoms with Gasteiger partial charge in [-0.15, -0.1) is 0 Å². The van der Waals surface area contributed by atoms with E-state index in [1.54, 1.807) is 24.8 Å². The Bertz CT molecular complexity index is 891. The highest BCUT2D eigenvalue weighted by atomic mass is 16.6. The van der Waals surface area contributed by atoms with Crippen molar-refractivity contribution >= 4 is 6.09 Å². The lowest BCUT2D eigenvalue weighted by atomic mass is 9.90. The van der Waals surface area contributed by atoms with Crippen LogP contribution in [-0.4, -0.2) is 46.2 Å². The molecule has 6 nitrogen and oxygen atoms in total. The Balaban J connectivity index is 1.59. The number of hydrogen-bond donors (Lipinski definition) is 2. The van der Waals surface area contributed by atoms with E-state index in [9.17, 15) is 15.0 Å². The number of nitrogens with zero attached hydrogens (tertiary/aromatic N) is 1. The minimum atomic E-state index is -1.59. The first-order chi connectivity index (χ1) is 15.2. The third-order valence-electron chi connectivity index (χ3n) is 6.02. The fraction of sp³-hybridized carbons (Fsp3) is 0.500. The van der Waals surface area contributed by atoms with Gasteiger partial charge in [0.25, 0.3) is 0 Å². The van der Waals surface area contributed by atoms with Crippen LogP contribution in [0, 0.1) is 0 Å². The maximum absolute atomic E-state index is 12.7.